The van der Waals surface area contributed by atoms with Crippen molar-refractivity contribution in [1.29, 1.82) is 0 Å². The molecule has 0 spiro atoms. The maximum atomic E-state index is 12.7. The Labute approximate surface area is 213 Å². The molecule has 1 heterocycles. The Kier molecular flexibility index (Phi) is 8.93. The van der Waals surface area contributed by atoms with E-state index in [-0.39, 0.29) is 36.8 Å². The van der Waals surface area contributed by atoms with Gasteiger partial charge in [0.25, 0.3) is 0 Å². The van der Waals surface area contributed by atoms with Crippen LogP contribution in [0.4, 0.5) is 0 Å². The Morgan fingerprint density at radius 3 is 2.22 bits per heavy atom. The molecule has 1 saturated heterocycles. The lowest BCUT2D eigenvalue weighted by atomic mass is 9.82. The summed E-state index contributed by atoms with van der Waals surface area (Å²) in [5, 5.41) is 9.99. The third kappa shape index (κ3) is 7.06. The van der Waals surface area contributed by atoms with Crippen LogP contribution in [0.2, 0.25) is 0 Å². The minimum Gasteiger partial charge on any atom is -0.489 e. The van der Waals surface area contributed by atoms with Gasteiger partial charge in [-0.3, -0.25) is 4.79 Å². The largest absolute Gasteiger partial charge is 0.489 e. The third-order valence-corrected chi connectivity index (χ3v) is 6.83. The van der Waals surface area contributed by atoms with E-state index in [1.54, 1.807) is 12.2 Å². The third-order valence-electron chi connectivity index (χ3n) is 6.83. The minimum atomic E-state index is -0.478. The SMILES string of the molecule is C[C@H]1[C@H](O)COC(CC(=O)/C=C/c2ccc(OCc3ccccc3)cc2OCc2ccccc2)[C@@H]1C. The molecule has 0 aromatic heterocycles. The van der Waals surface area contributed by atoms with Crippen molar-refractivity contribution in [2.45, 2.75) is 45.7 Å². The van der Waals surface area contributed by atoms with Gasteiger partial charge in [0.05, 0.1) is 18.8 Å². The second kappa shape index (κ2) is 12.5. The quantitative estimate of drug-likeness (QED) is 0.364. The van der Waals surface area contributed by atoms with Gasteiger partial charge in [-0.25, -0.2) is 0 Å². The van der Waals surface area contributed by atoms with Gasteiger partial charge in [0, 0.05) is 18.1 Å². The second-order valence-electron chi connectivity index (χ2n) is 9.41. The Morgan fingerprint density at radius 1 is 0.917 bits per heavy atom. The molecule has 3 aromatic carbocycles. The van der Waals surface area contributed by atoms with Crippen molar-refractivity contribution >= 4 is 11.9 Å². The van der Waals surface area contributed by atoms with Crippen molar-refractivity contribution in [2.75, 3.05) is 6.61 Å². The van der Waals surface area contributed by atoms with E-state index < -0.39 is 6.10 Å². The Morgan fingerprint density at radius 2 is 1.56 bits per heavy atom. The highest BCUT2D eigenvalue weighted by Crippen LogP contribution is 2.30. The van der Waals surface area contributed by atoms with Crippen molar-refractivity contribution in [3.63, 3.8) is 0 Å². The van der Waals surface area contributed by atoms with Crippen molar-refractivity contribution in [2.24, 2.45) is 11.8 Å². The predicted octanol–water partition coefficient (Wildman–Crippen LogP) is 5.85. The molecule has 36 heavy (non-hydrogen) atoms. The summed E-state index contributed by atoms with van der Waals surface area (Å²) < 4.78 is 17.9. The molecule has 5 nitrogen and oxygen atoms in total. The lowest BCUT2D eigenvalue weighted by Crippen LogP contribution is -2.43. The van der Waals surface area contributed by atoms with Crippen LogP contribution in [0.15, 0.2) is 84.9 Å². The van der Waals surface area contributed by atoms with Crippen LogP contribution in [0.3, 0.4) is 0 Å². The second-order valence-corrected chi connectivity index (χ2v) is 9.41. The van der Waals surface area contributed by atoms with Crippen molar-refractivity contribution in [3.05, 3.63) is 102 Å². The number of allylic oxidation sites excluding steroid dienone is 1. The molecule has 0 radical (unpaired) electrons. The van der Waals surface area contributed by atoms with Crippen LogP contribution in [0.25, 0.3) is 6.08 Å². The Balaban J connectivity index is 1.45. The van der Waals surface area contributed by atoms with Crippen molar-refractivity contribution in [3.8, 4) is 11.5 Å². The summed E-state index contributed by atoms with van der Waals surface area (Å²) in [5.41, 5.74) is 2.94. The van der Waals surface area contributed by atoms with Crippen LogP contribution in [-0.4, -0.2) is 29.7 Å². The number of hydrogen-bond acceptors (Lipinski definition) is 5. The molecule has 1 unspecified atom stereocenters. The summed E-state index contributed by atoms with van der Waals surface area (Å²) in [4.78, 5) is 12.7. The van der Waals surface area contributed by atoms with Gasteiger partial charge in [0.15, 0.2) is 5.78 Å². The first-order valence-electron chi connectivity index (χ1n) is 12.5. The van der Waals surface area contributed by atoms with E-state index in [1.165, 1.54) is 0 Å². The van der Waals surface area contributed by atoms with E-state index in [1.807, 2.05) is 92.7 Å². The summed E-state index contributed by atoms with van der Waals surface area (Å²) in [6.07, 6.45) is 2.99. The molecule has 5 heteroatoms. The number of aliphatic hydroxyl groups excluding tert-OH is 1. The molecule has 1 aliphatic heterocycles. The number of carbonyl (C=O) groups excluding carboxylic acids is 1. The van der Waals surface area contributed by atoms with Gasteiger partial charge in [-0.05, 0) is 47.2 Å². The smallest absolute Gasteiger partial charge is 0.158 e. The van der Waals surface area contributed by atoms with Gasteiger partial charge < -0.3 is 19.3 Å². The van der Waals surface area contributed by atoms with E-state index in [2.05, 4.69) is 0 Å². The molecular weight excluding hydrogens is 452 g/mol. The van der Waals surface area contributed by atoms with E-state index in [9.17, 15) is 9.90 Å². The molecule has 0 bridgehead atoms. The summed E-state index contributed by atoms with van der Waals surface area (Å²) >= 11 is 0. The molecule has 4 atom stereocenters. The first kappa shape index (κ1) is 25.7. The van der Waals surface area contributed by atoms with Crippen LogP contribution >= 0.6 is 0 Å². The first-order valence-corrected chi connectivity index (χ1v) is 12.5. The predicted molar refractivity (Wildman–Crippen MR) is 141 cm³/mol. The standard InChI is InChI=1S/C31H34O5/c1-22-23(2)30(36-21-29(22)33)17-27(32)15-13-26-14-16-28(34-19-24-9-5-3-6-10-24)18-31(26)35-20-25-11-7-4-8-12-25/h3-16,18,22-23,29-30,33H,17,19-21H2,1-2H3/b15-13+/t22-,23-,29-,30?/m1/s1. The van der Waals surface area contributed by atoms with Crippen LogP contribution in [0.1, 0.15) is 37.0 Å². The van der Waals surface area contributed by atoms with E-state index in [0.717, 1.165) is 16.7 Å². The number of benzene rings is 3. The van der Waals surface area contributed by atoms with Gasteiger partial charge >= 0.3 is 0 Å². The molecule has 0 aliphatic carbocycles. The van der Waals surface area contributed by atoms with Crippen molar-refractivity contribution in [1.82, 2.24) is 0 Å². The number of rotatable bonds is 10. The number of ketones is 1. The zero-order valence-corrected chi connectivity index (χ0v) is 20.9. The fourth-order valence-electron chi connectivity index (χ4n) is 4.25. The van der Waals surface area contributed by atoms with Gasteiger partial charge in [-0.15, -0.1) is 0 Å². The summed E-state index contributed by atoms with van der Waals surface area (Å²) in [6.45, 7) is 5.17. The van der Waals surface area contributed by atoms with E-state index in [0.29, 0.717) is 24.7 Å². The number of aliphatic hydroxyl groups is 1. The molecule has 0 saturated carbocycles. The number of ether oxygens (including phenoxy) is 3. The molecular formula is C31H34O5. The van der Waals surface area contributed by atoms with Gasteiger partial charge in [-0.2, -0.15) is 0 Å². The fourth-order valence-corrected chi connectivity index (χ4v) is 4.25. The van der Waals surface area contributed by atoms with Gasteiger partial charge in [0.1, 0.15) is 24.7 Å². The van der Waals surface area contributed by atoms with Crippen LogP contribution in [-0.2, 0) is 22.7 Å². The highest BCUT2D eigenvalue weighted by atomic mass is 16.5. The van der Waals surface area contributed by atoms with Crippen LogP contribution in [0, 0.1) is 11.8 Å². The topological polar surface area (TPSA) is 65.0 Å². The monoisotopic (exact) mass is 486 g/mol. The van der Waals surface area contributed by atoms with E-state index >= 15 is 0 Å². The average molecular weight is 487 g/mol. The fraction of sp³-hybridized carbons (Fsp3) is 0.323. The molecule has 188 valence electrons. The highest BCUT2D eigenvalue weighted by molar-refractivity contribution is 5.94. The highest BCUT2D eigenvalue weighted by Gasteiger charge is 2.34. The molecule has 4 rings (SSSR count). The van der Waals surface area contributed by atoms with Crippen LogP contribution < -0.4 is 9.47 Å². The number of carbonyl (C=O) groups is 1. The molecule has 3 aromatic rings. The molecule has 1 aliphatic rings. The Bertz CT molecular complexity index is 1140. The maximum Gasteiger partial charge on any atom is 0.158 e. The first-order chi connectivity index (χ1) is 17.5. The summed E-state index contributed by atoms with van der Waals surface area (Å²) in [5.74, 6) is 1.53. The minimum absolute atomic E-state index is 0.0196. The molecule has 1 N–H and O–H groups in total. The molecule has 1 fully saturated rings. The zero-order valence-electron chi connectivity index (χ0n) is 20.9. The normalized spacial score (nSPS) is 21.9. The van der Waals surface area contributed by atoms with Crippen molar-refractivity contribution < 1.29 is 24.1 Å². The van der Waals surface area contributed by atoms with E-state index in [4.69, 9.17) is 14.2 Å². The Hall–Kier alpha value is -3.41. The lowest BCUT2D eigenvalue weighted by Gasteiger charge is -2.37. The summed E-state index contributed by atoms with van der Waals surface area (Å²) in [7, 11) is 0. The summed E-state index contributed by atoms with van der Waals surface area (Å²) in [6, 6.07) is 25.6. The maximum absolute atomic E-state index is 12.7. The van der Waals surface area contributed by atoms with Crippen LogP contribution in [0.5, 0.6) is 11.5 Å². The average Bonchev–Trinajstić information content (AvgIpc) is 2.91. The van der Waals surface area contributed by atoms with Gasteiger partial charge in [0.2, 0.25) is 0 Å². The molecule has 0 amide bonds. The number of hydrogen-bond donors (Lipinski definition) is 1. The lowest BCUT2D eigenvalue weighted by molar-refractivity contribution is -0.134. The zero-order chi connectivity index (χ0) is 25.3. The van der Waals surface area contributed by atoms with Gasteiger partial charge in [-0.1, -0.05) is 74.5 Å².